The number of carbonyl (C=O) groups is 2. The number of nitrogens with zero attached hydrogens (tertiary/aromatic N) is 2. The minimum absolute atomic E-state index is 0.124. The maximum Gasteiger partial charge on any atom is 0.309 e. The summed E-state index contributed by atoms with van der Waals surface area (Å²) in [7, 11) is -3.64. The molecule has 1 N–H and O–H groups in total. The van der Waals surface area contributed by atoms with Gasteiger partial charge in [0.15, 0.2) is 6.10 Å². The molecule has 10 heteroatoms. The van der Waals surface area contributed by atoms with E-state index in [2.05, 4.69) is 10.3 Å². The van der Waals surface area contributed by atoms with Gasteiger partial charge in [-0.1, -0.05) is 11.6 Å². The minimum atomic E-state index is -3.64. The fourth-order valence-corrected chi connectivity index (χ4v) is 4.64. The van der Waals surface area contributed by atoms with E-state index >= 15 is 0 Å². The first kappa shape index (κ1) is 22.2. The van der Waals surface area contributed by atoms with E-state index in [1.807, 2.05) is 0 Å². The topological polar surface area (TPSA) is 106 Å². The largest absolute Gasteiger partial charge is 0.452 e. The van der Waals surface area contributed by atoms with Gasteiger partial charge in [-0.2, -0.15) is 4.31 Å². The molecule has 1 fully saturated rings. The maximum absolute atomic E-state index is 12.6. The predicted molar refractivity (Wildman–Crippen MR) is 111 cm³/mol. The van der Waals surface area contributed by atoms with Crippen molar-refractivity contribution in [2.24, 2.45) is 5.92 Å². The van der Waals surface area contributed by atoms with E-state index in [0.29, 0.717) is 23.6 Å². The van der Waals surface area contributed by atoms with Gasteiger partial charge in [-0.25, -0.2) is 8.42 Å². The molecule has 0 aliphatic carbocycles. The Labute approximate surface area is 180 Å². The smallest absolute Gasteiger partial charge is 0.309 e. The Hall–Kier alpha value is -2.49. The summed E-state index contributed by atoms with van der Waals surface area (Å²) in [4.78, 5) is 28.7. The molecule has 160 valence electrons. The molecule has 1 aliphatic heterocycles. The third-order valence-electron chi connectivity index (χ3n) is 4.83. The van der Waals surface area contributed by atoms with Crippen LogP contribution in [-0.2, 0) is 24.3 Å². The summed E-state index contributed by atoms with van der Waals surface area (Å²) in [5, 5.41) is 3.20. The molecule has 0 bridgehead atoms. The van der Waals surface area contributed by atoms with E-state index in [-0.39, 0.29) is 18.0 Å². The number of halogens is 1. The first-order valence-corrected chi connectivity index (χ1v) is 11.3. The van der Waals surface area contributed by atoms with E-state index in [1.165, 1.54) is 29.7 Å². The number of benzene rings is 1. The van der Waals surface area contributed by atoms with Gasteiger partial charge in [-0.15, -0.1) is 0 Å². The van der Waals surface area contributed by atoms with Crippen molar-refractivity contribution >= 4 is 39.2 Å². The van der Waals surface area contributed by atoms with Crippen LogP contribution in [0.25, 0.3) is 0 Å². The third-order valence-corrected chi connectivity index (χ3v) is 6.97. The summed E-state index contributed by atoms with van der Waals surface area (Å²) in [6.07, 6.45) is 2.47. The molecule has 0 spiro atoms. The maximum atomic E-state index is 12.6. The van der Waals surface area contributed by atoms with Gasteiger partial charge in [-0.05, 0) is 56.2 Å². The summed E-state index contributed by atoms with van der Waals surface area (Å²) >= 11 is 5.81. The first-order valence-electron chi connectivity index (χ1n) is 9.44. The van der Waals surface area contributed by atoms with Crippen LogP contribution >= 0.6 is 11.6 Å². The number of aromatic nitrogens is 1. The van der Waals surface area contributed by atoms with Gasteiger partial charge in [0.2, 0.25) is 10.0 Å². The Balaban J connectivity index is 1.51. The zero-order chi connectivity index (χ0) is 21.7. The van der Waals surface area contributed by atoms with Gasteiger partial charge in [-0.3, -0.25) is 14.6 Å². The highest BCUT2D eigenvalue weighted by Gasteiger charge is 2.34. The van der Waals surface area contributed by atoms with Crippen LogP contribution in [0.15, 0.2) is 53.7 Å². The molecular formula is C20H22ClN3O5S. The quantitative estimate of drug-likeness (QED) is 0.677. The van der Waals surface area contributed by atoms with Crippen molar-refractivity contribution in [2.75, 3.05) is 18.4 Å². The highest BCUT2D eigenvalue weighted by Crippen LogP contribution is 2.24. The second-order valence-electron chi connectivity index (χ2n) is 6.94. The number of carbonyl (C=O) groups excluding carboxylic acids is 2. The summed E-state index contributed by atoms with van der Waals surface area (Å²) in [5.41, 5.74) is 0.543. The summed E-state index contributed by atoms with van der Waals surface area (Å²) in [5.74, 6) is -1.43. The van der Waals surface area contributed by atoms with Crippen LogP contribution < -0.4 is 5.32 Å². The van der Waals surface area contributed by atoms with Gasteiger partial charge >= 0.3 is 5.97 Å². The van der Waals surface area contributed by atoms with E-state index in [1.54, 1.807) is 30.3 Å². The summed E-state index contributed by atoms with van der Waals surface area (Å²) in [6.45, 7) is 1.88. The number of piperidine rings is 1. The van der Waals surface area contributed by atoms with Crippen LogP contribution in [0.4, 0.5) is 5.69 Å². The average molecular weight is 452 g/mol. The van der Waals surface area contributed by atoms with E-state index in [4.69, 9.17) is 16.3 Å². The zero-order valence-corrected chi connectivity index (χ0v) is 17.9. The molecule has 1 unspecified atom stereocenters. The predicted octanol–water partition coefficient (Wildman–Crippen LogP) is 2.71. The van der Waals surface area contributed by atoms with E-state index < -0.39 is 33.9 Å². The van der Waals surface area contributed by atoms with Crippen molar-refractivity contribution in [1.82, 2.24) is 9.29 Å². The second kappa shape index (κ2) is 9.55. The molecule has 1 aromatic carbocycles. The number of sulfonamides is 1. The molecule has 8 nitrogen and oxygen atoms in total. The highest BCUT2D eigenvalue weighted by atomic mass is 35.5. The lowest BCUT2D eigenvalue weighted by molar-refractivity contribution is -0.158. The van der Waals surface area contributed by atoms with Crippen molar-refractivity contribution in [3.8, 4) is 0 Å². The number of esters is 1. The molecule has 1 aliphatic rings. The van der Waals surface area contributed by atoms with Crippen molar-refractivity contribution in [2.45, 2.75) is 30.8 Å². The fourth-order valence-electron chi connectivity index (χ4n) is 3.08. The van der Waals surface area contributed by atoms with Crippen molar-refractivity contribution < 1.29 is 22.7 Å². The Morgan fingerprint density at radius 3 is 2.47 bits per heavy atom. The van der Waals surface area contributed by atoms with Gasteiger partial charge in [0.1, 0.15) is 4.90 Å². The molecule has 1 aromatic heterocycles. The Kier molecular flexibility index (Phi) is 7.06. The number of nitrogens with one attached hydrogen (secondary N) is 1. The number of rotatable bonds is 6. The standard InChI is InChI=1S/C20H22ClN3O5S/c1-14(19(25)23-17-6-4-16(21)5-7-17)29-20(26)15-8-11-24(12-9-15)30(27,28)18-3-2-10-22-13-18/h2-7,10,13-15H,8-9,11-12H2,1H3,(H,23,25). The van der Waals surface area contributed by atoms with Gasteiger partial charge in [0, 0.05) is 36.2 Å². The Morgan fingerprint density at radius 2 is 1.87 bits per heavy atom. The van der Waals surface area contributed by atoms with E-state index in [0.717, 1.165) is 0 Å². The lowest BCUT2D eigenvalue weighted by Gasteiger charge is -2.30. The molecular weight excluding hydrogens is 430 g/mol. The van der Waals surface area contributed by atoms with Crippen molar-refractivity contribution in [3.05, 3.63) is 53.8 Å². The number of anilines is 1. The SMILES string of the molecule is CC(OC(=O)C1CCN(S(=O)(=O)c2cccnc2)CC1)C(=O)Nc1ccc(Cl)cc1. The molecule has 1 atom stereocenters. The molecule has 0 radical (unpaired) electrons. The van der Waals surface area contributed by atoms with Crippen LogP contribution in [0.5, 0.6) is 0 Å². The summed E-state index contributed by atoms with van der Waals surface area (Å²) < 4.78 is 31.9. The molecule has 2 aromatic rings. The van der Waals surface area contributed by atoms with Crippen molar-refractivity contribution in [1.29, 1.82) is 0 Å². The zero-order valence-electron chi connectivity index (χ0n) is 16.3. The monoisotopic (exact) mass is 451 g/mol. The van der Waals surface area contributed by atoms with Gasteiger partial charge in [0.25, 0.3) is 5.91 Å². The van der Waals surface area contributed by atoms with Crippen LogP contribution in [0.2, 0.25) is 5.02 Å². The second-order valence-corrected chi connectivity index (χ2v) is 9.32. The van der Waals surface area contributed by atoms with Gasteiger partial charge < -0.3 is 10.1 Å². The van der Waals surface area contributed by atoms with Crippen molar-refractivity contribution in [3.63, 3.8) is 0 Å². The van der Waals surface area contributed by atoms with E-state index in [9.17, 15) is 18.0 Å². The number of ether oxygens (including phenoxy) is 1. The lowest BCUT2D eigenvalue weighted by atomic mass is 9.98. The van der Waals surface area contributed by atoms with Crippen LogP contribution in [0, 0.1) is 5.92 Å². The number of hydrogen-bond donors (Lipinski definition) is 1. The fraction of sp³-hybridized carbons (Fsp3) is 0.350. The van der Waals surface area contributed by atoms with Crippen LogP contribution in [0.1, 0.15) is 19.8 Å². The molecule has 2 heterocycles. The van der Waals surface area contributed by atoms with Crippen LogP contribution in [0.3, 0.4) is 0 Å². The number of amides is 1. The minimum Gasteiger partial charge on any atom is -0.452 e. The Morgan fingerprint density at radius 1 is 1.20 bits per heavy atom. The Bertz CT molecular complexity index is 991. The molecule has 30 heavy (non-hydrogen) atoms. The lowest BCUT2D eigenvalue weighted by Crippen LogP contribution is -2.41. The molecule has 1 amide bonds. The normalized spacial score (nSPS) is 16.6. The highest BCUT2D eigenvalue weighted by molar-refractivity contribution is 7.89. The molecule has 0 saturated carbocycles. The summed E-state index contributed by atoms with van der Waals surface area (Å²) in [6, 6.07) is 9.62. The molecule has 1 saturated heterocycles. The van der Waals surface area contributed by atoms with Crippen LogP contribution in [-0.4, -0.2) is 48.8 Å². The molecule has 3 rings (SSSR count). The first-order chi connectivity index (χ1) is 14.3. The van der Waals surface area contributed by atoms with Gasteiger partial charge in [0.05, 0.1) is 5.92 Å². The number of hydrogen-bond acceptors (Lipinski definition) is 6. The average Bonchev–Trinajstić information content (AvgIpc) is 2.76. The number of pyridine rings is 1. The third kappa shape index (κ3) is 5.35.